The second-order valence-electron chi connectivity index (χ2n) is 3.29. The van der Waals surface area contributed by atoms with E-state index in [0.29, 0.717) is 0 Å². The van der Waals surface area contributed by atoms with Gasteiger partial charge in [-0.25, -0.2) is 0 Å². The van der Waals surface area contributed by atoms with Crippen molar-refractivity contribution in [1.29, 1.82) is 0 Å². The fourth-order valence-electron chi connectivity index (χ4n) is 2.05. The molecule has 3 aliphatic carbocycles. The van der Waals surface area contributed by atoms with Crippen LogP contribution in [-0.4, -0.2) is 0 Å². The molecule has 0 N–H and O–H groups in total. The van der Waals surface area contributed by atoms with Crippen LogP contribution < -0.4 is 0 Å². The SMILES string of the molecule is C=C1C2CC(C2)C1C. The Balaban J connectivity index is 2.27. The van der Waals surface area contributed by atoms with Crippen LogP contribution in [0, 0.1) is 17.8 Å². The summed E-state index contributed by atoms with van der Waals surface area (Å²) in [7, 11) is 0. The fourth-order valence-corrected chi connectivity index (χ4v) is 2.05. The zero-order valence-electron chi connectivity index (χ0n) is 5.35. The fraction of sp³-hybridized carbons (Fsp3) is 0.750. The van der Waals surface area contributed by atoms with E-state index >= 15 is 0 Å². The van der Waals surface area contributed by atoms with E-state index in [1.165, 1.54) is 18.4 Å². The molecule has 0 saturated heterocycles. The van der Waals surface area contributed by atoms with E-state index in [-0.39, 0.29) is 0 Å². The van der Waals surface area contributed by atoms with Crippen molar-refractivity contribution < 1.29 is 0 Å². The molecule has 1 atom stereocenters. The van der Waals surface area contributed by atoms with E-state index in [1.807, 2.05) is 0 Å². The summed E-state index contributed by atoms with van der Waals surface area (Å²) in [5.74, 6) is 2.84. The molecule has 8 heavy (non-hydrogen) atoms. The first-order chi connectivity index (χ1) is 3.79. The highest BCUT2D eigenvalue weighted by Crippen LogP contribution is 2.54. The maximum absolute atomic E-state index is 4.06. The Hall–Kier alpha value is -0.260. The summed E-state index contributed by atoms with van der Waals surface area (Å²) in [5, 5.41) is 0. The third-order valence-corrected chi connectivity index (χ3v) is 2.99. The normalized spacial score (nSPS) is 51.6. The van der Waals surface area contributed by atoms with Gasteiger partial charge < -0.3 is 0 Å². The van der Waals surface area contributed by atoms with Crippen LogP contribution in [0.1, 0.15) is 19.8 Å². The van der Waals surface area contributed by atoms with Gasteiger partial charge in [0.25, 0.3) is 0 Å². The van der Waals surface area contributed by atoms with Gasteiger partial charge in [-0.15, -0.1) is 0 Å². The van der Waals surface area contributed by atoms with Crippen molar-refractivity contribution >= 4 is 0 Å². The molecule has 0 radical (unpaired) electrons. The molecule has 3 saturated carbocycles. The van der Waals surface area contributed by atoms with Gasteiger partial charge in [0.15, 0.2) is 0 Å². The highest BCUT2D eigenvalue weighted by Gasteiger charge is 2.44. The van der Waals surface area contributed by atoms with Gasteiger partial charge in [0.1, 0.15) is 0 Å². The van der Waals surface area contributed by atoms with E-state index in [9.17, 15) is 0 Å². The van der Waals surface area contributed by atoms with E-state index in [0.717, 1.165) is 17.8 Å². The second-order valence-corrected chi connectivity index (χ2v) is 3.29. The molecule has 0 heterocycles. The maximum atomic E-state index is 4.06. The maximum Gasteiger partial charge on any atom is -0.0197 e. The monoisotopic (exact) mass is 108 g/mol. The minimum Gasteiger partial charge on any atom is -0.0993 e. The van der Waals surface area contributed by atoms with Crippen molar-refractivity contribution in [2.75, 3.05) is 0 Å². The summed E-state index contributed by atoms with van der Waals surface area (Å²) < 4.78 is 0. The lowest BCUT2D eigenvalue weighted by Gasteiger charge is -2.22. The largest absolute Gasteiger partial charge is 0.0993 e. The predicted octanol–water partition coefficient (Wildman–Crippen LogP) is 2.22. The van der Waals surface area contributed by atoms with Crippen LogP contribution in [0.15, 0.2) is 12.2 Å². The van der Waals surface area contributed by atoms with Crippen LogP contribution in [0.5, 0.6) is 0 Å². The zero-order valence-corrected chi connectivity index (χ0v) is 5.35. The molecule has 0 nitrogen and oxygen atoms in total. The Morgan fingerprint density at radius 3 is 2.25 bits per heavy atom. The smallest absolute Gasteiger partial charge is 0.0197 e. The summed E-state index contributed by atoms with van der Waals surface area (Å²) in [6, 6.07) is 0. The first-order valence-corrected chi connectivity index (χ1v) is 3.47. The highest BCUT2D eigenvalue weighted by atomic mass is 14.5. The third-order valence-electron chi connectivity index (χ3n) is 2.99. The molecule has 0 aromatic carbocycles. The summed E-state index contributed by atoms with van der Waals surface area (Å²) >= 11 is 0. The number of rotatable bonds is 0. The lowest BCUT2D eigenvalue weighted by molar-refractivity contribution is 0.284. The van der Waals surface area contributed by atoms with Gasteiger partial charge in [0.05, 0.1) is 0 Å². The molecule has 0 heteroatoms. The minimum atomic E-state index is 0.861. The zero-order chi connectivity index (χ0) is 5.72. The van der Waals surface area contributed by atoms with Crippen LogP contribution in [0.3, 0.4) is 0 Å². The number of hydrogen-bond acceptors (Lipinski definition) is 0. The molecule has 0 aliphatic heterocycles. The van der Waals surface area contributed by atoms with Gasteiger partial charge in [-0.2, -0.15) is 0 Å². The van der Waals surface area contributed by atoms with E-state index < -0.39 is 0 Å². The summed E-state index contributed by atoms with van der Waals surface area (Å²) in [6.45, 7) is 6.38. The van der Waals surface area contributed by atoms with Gasteiger partial charge >= 0.3 is 0 Å². The van der Waals surface area contributed by atoms with Crippen molar-refractivity contribution in [3.63, 3.8) is 0 Å². The lowest BCUT2D eigenvalue weighted by atomic mass is 9.83. The quantitative estimate of drug-likeness (QED) is 0.417. The van der Waals surface area contributed by atoms with Crippen LogP contribution in [-0.2, 0) is 0 Å². The van der Waals surface area contributed by atoms with Gasteiger partial charge in [-0.05, 0) is 30.6 Å². The van der Waals surface area contributed by atoms with E-state index in [1.54, 1.807) is 0 Å². The molecule has 0 amide bonds. The Kier molecular flexibility index (Phi) is 0.677. The number of allylic oxidation sites excluding steroid dienone is 1. The van der Waals surface area contributed by atoms with Crippen molar-refractivity contribution in [3.8, 4) is 0 Å². The molecular formula is C8H12. The van der Waals surface area contributed by atoms with Crippen molar-refractivity contribution in [1.82, 2.24) is 0 Å². The molecule has 3 rings (SSSR count). The molecule has 44 valence electrons. The van der Waals surface area contributed by atoms with Crippen LogP contribution in [0.2, 0.25) is 0 Å². The topological polar surface area (TPSA) is 0 Å². The molecular weight excluding hydrogens is 96.1 g/mol. The van der Waals surface area contributed by atoms with E-state index in [4.69, 9.17) is 0 Å². The summed E-state index contributed by atoms with van der Waals surface area (Å²) in [4.78, 5) is 0. The summed E-state index contributed by atoms with van der Waals surface area (Å²) in [5.41, 5.74) is 1.54. The van der Waals surface area contributed by atoms with Gasteiger partial charge in [0.2, 0.25) is 0 Å². The van der Waals surface area contributed by atoms with E-state index in [2.05, 4.69) is 13.5 Å². The van der Waals surface area contributed by atoms with Crippen LogP contribution >= 0.6 is 0 Å². The molecule has 0 aromatic heterocycles. The Bertz CT molecular complexity index is 129. The predicted molar refractivity (Wildman–Crippen MR) is 34.5 cm³/mol. The van der Waals surface area contributed by atoms with Crippen molar-refractivity contribution in [2.45, 2.75) is 19.8 Å². The van der Waals surface area contributed by atoms with Crippen LogP contribution in [0.25, 0.3) is 0 Å². The molecule has 3 fully saturated rings. The molecule has 1 unspecified atom stereocenters. The third kappa shape index (κ3) is 0.331. The number of hydrogen-bond donors (Lipinski definition) is 0. The van der Waals surface area contributed by atoms with Gasteiger partial charge in [0, 0.05) is 0 Å². The molecule has 0 aromatic rings. The van der Waals surface area contributed by atoms with Crippen molar-refractivity contribution in [2.24, 2.45) is 17.8 Å². The highest BCUT2D eigenvalue weighted by molar-refractivity contribution is 5.20. The van der Waals surface area contributed by atoms with Gasteiger partial charge in [-0.1, -0.05) is 19.1 Å². The molecule has 0 spiro atoms. The van der Waals surface area contributed by atoms with Crippen molar-refractivity contribution in [3.05, 3.63) is 12.2 Å². The standard InChI is InChI=1S/C8H12/c1-5-6(2)8-3-7(5)4-8/h6-8H,1,3-4H2,2H3. The van der Waals surface area contributed by atoms with Gasteiger partial charge in [-0.3, -0.25) is 0 Å². The molecule has 3 aliphatic rings. The Morgan fingerprint density at radius 2 is 2.12 bits per heavy atom. The minimum absolute atomic E-state index is 0.861. The number of fused-ring (bicyclic) bond motifs is 1. The van der Waals surface area contributed by atoms with Crippen LogP contribution in [0.4, 0.5) is 0 Å². The average Bonchev–Trinajstić information content (AvgIpc) is 1.89. The second kappa shape index (κ2) is 1.18. The summed E-state index contributed by atoms with van der Waals surface area (Å²) in [6.07, 6.45) is 2.92. The Morgan fingerprint density at radius 1 is 1.50 bits per heavy atom. The molecule has 2 bridgehead atoms. The first kappa shape index (κ1) is 4.60. The lowest BCUT2D eigenvalue weighted by Crippen LogP contribution is -2.12. The average molecular weight is 108 g/mol. The Labute approximate surface area is 50.6 Å². The first-order valence-electron chi connectivity index (χ1n) is 3.47.